The van der Waals surface area contributed by atoms with Crippen LogP contribution in [0.3, 0.4) is 0 Å². The summed E-state index contributed by atoms with van der Waals surface area (Å²) in [6.45, 7) is 2.97. The number of rotatable bonds is 4. The topological polar surface area (TPSA) is 87.6 Å². The van der Waals surface area contributed by atoms with E-state index in [1.807, 2.05) is 11.8 Å². The number of sulfone groups is 1. The zero-order valence-electron chi connectivity index (χ0n) is 11.3. The van der Waals surface area contributed by atoms with Crippen molar-refractivity contribution >= 4 is 32.3 Å². The van der Waals surface area contributed by atoms with Crippen LogP contribution in [-0.2, 0) is 16.3 Å². The van der Waals surface area contributed by atoms with E-state index >= 15 is 0 Å². The van der Waals surface area contributed by atoms with Gasteiger partial charge in [0.1, 0.15) is 4.88 Å². The highest BCUT2D eigenvalue weighted by Gasteiger charge is 2.24. The van der Waals surface area contributed by atoms with Crippen molar-refractivity contribution in [1.82, 2.24) is 4.98 Å². The number of carboxylic acid groups (broad SMARTS) is 1. The largest absolute Gasteiger partial charge is 0.477 e. The highest BCUT2D eigenvalue weighted by Crippen LogP contribution is 2.28. The van der Waals surface area contributed by atoms with E-state index in [9.17, 15) is 18.3 Å². The average molecular weight is 318 g/mol. The lowest BCUT2D eigenvalue weighted by Gasteiger charge is -2.17. The lowest BCUT2D eigenvalue weighted by Crippen LogP contribution is -2.26. The maximum absolute atomic E-state index is 11.6. The summed E-state index contributed by atoms with van der Waals surface area (Å²) in [5.74, 6) is -0.653. The van der Waals surface area contributed by atoms with Crippen LogP contribution < -0.4 is 4.90 Å². The molecule has 6 nitrogen and oxygen atoms in total. The molecule has 0 spiro atoms. The third-order valence-corrected chi connectivity index (χ3v) is 6.05. The fourth-order valence-electron chi connectivity index (χ4n) is 2.18. The van der Waals surface area contributed by atoms with Gasteiger partial charge >= 0.3 is 5.97 Å². The van der Waals surface area contributed by atoms with Crippen LogP contribution in [0.25, 0.3) is 0 Å². The van der Waals surface area contributed by atoms with E-state index < -0.39 is 15.8 Å². The van der Waals surface area contributed by atoms with Crippen molar-refractivity contribution in [2.24, 2.45) is 0 Å². The summed E-state index contributed by atoms with van der Waals surface area (Å²) in [5.41, 5.74) is 0.604. The zero-order chi connectivity index (χ0) is 14.8. The number of thiazole rings is 1. The SMILES string of the molecule is CCCc1nc(N2CCCS(=O)(=O)CC2)sc1C(=O)O. The standard InChI is InChI=1S/C12H18N2O4S2/c1-2-4-9-10(11(15)16)19-12(13-9)14-5-3-7-20(17,18)8-6-14/h2-8H2,1H3,(H,15,16). The Morgan fingerprint density at radius 1 is 1.40 bits per heavy atom. The fourth-order valence-corrected chi connectivity index (χ4v) is 4.45. The Kier molecular flexibility index (Phi) is 4.64. The molecule has 0 amide bonds. The van der Waals surface area contributed by atoms with Crippen molar-refractivity contribution in [2.75, 3.05) is 29.5 Å². The average Bonchev–Trinajstić information content (AvgIpc) is 2.69. The molecule has 1 saturated heterocycles. The second-order valence-corrected chi connectivity index (χ2v) is 8.10. The third kappa shape index (κ3) is 3.49. The molecule has 0 unspecified atom stereocenters. The quantitative estimate of drug-likeness (QED) is 0.903. The predicted octanol–water partition coefficient (Wildman–Crippen LogP) is 1.42. The van der Waals surface area contributed by atoms with E-state index in [2.05, 4.69) is 4.98 Å². The van der Waals surface area contributed by atoms with Crippen LogP contribution >= 0.6 is 11.3 Å². The van der Waals surface area contributed by atoms with Crippen molar-refractivity contribution in [1.29, 1.82) is 0 Å². The lowest BCUT2D eigenvalue weighted by atomic mass is 10.2. The summed E-state index contributed by atoms with van der Waals surface area (Å²) in [6.07, 6.45) is 2.02. The van der Waals surface area contributed by atoms with E-state index in [0.29, 0.717) is 36.8 Å². The van der Waals surface area contributed by atoms with Gasteiger partial charge in [-0.05, 0) is 12.8 Å². The molecule has 1 N–H and O–H groups in total. The molecule has 0 aromatic carbocycles. The number of carboxylic acids is 1. The first-order valence-electron chi connectivity index (χ1n) is 6.61. The number of aryl methyl sites for hydroxylation is 1. The number of aromatic nitrogens is 1. The van der Waals surface area contributed by atoms with Crippen LogP contribution in [0.2, 0.25) is 0 Å². The van der Waals surface area contributed by atoms with Gasteiger partial charge in [-0.1, -0.05) is 24.7 Å². The smallest absolute Gasteiger partial charge is 0.347 e. The molecule has 0 radical (unpaired) electrons. The molecule has 1 aliphatic rings. The third-order valence-electron chi connectivity index (χ3n) is 3.19. The molecule has 1 aliphatic heterocycles. The van der Waals surface area contributed by atoms with E-state index in [0.717, 1.165) is 17.8 Å². The Labute approximate surface area is 122 Å². The zero-order valence-corrected chi connectivity index (χ0v) is 13.0. The van der Waals surface area contributed by atoms with E-state index in [-0.39, 0.29) is 16.4 Å². The molecule has 1 aromatic heterocycles. The second kappa shape index (κ2) is 6.09. The maximum Gasteiger partial charge on any atom is 0.347 e. The van der Waals surface area contributed by atoms with Crippen molar-refractivity contribution in [3.8, 4) is 0 Å². The first-order chi connectivity index (χ1) is 9.43. The molecule has 0 aliphatic carbocycles. The Morgan fingerprint density at radius 2 is 2.15 bits per heavy atom. The molecule has 1 fully saturated rings. The van der Waals surface area contributed by atoms with Crippen LogP contribution in [0.1, 0.15) is 35.1 Å². The normalized spacial score (nSPS) is 18.8. The van der Waals surface area contributed by atoms with Crippen molar-refractivity contribution in [3.63, 3.8) is 0 Å². The Hall–Kier alpha value is -1.15. The number of anilines is 1. The Bertz CT molecular complexity index is 595. The molecule has 0 bridgehead atoms. The first kappa shape index (κ1) is 15.2. The molecule has 20 heavy (non-hydrogen) atoms. The van der Waals surface area contributed by atoms with Crippen molar-refractivity contribution < 1.29 is 18.3 Å². The van der Waals surface area contributed by atoms with Crippen LogP contribution in [-0.4, -0.2) is 49.1 Å². The number of hydrogen-bond donors (Lipinski definition) is 1. The van der Waals surface area contributed by atoms with Crippen molar-refractivity contribution in [2.45, 2.75) is 26.2 Å². The summed E-state index contributed by atoms with van der Waals surface area (Å²) in [6, 6.07) is 0. The highest BCUT2D eigenvalue weighted by atomic mass is 32.2. The highest BCUT2D eigenvalue weighted by molar-refractivity contribution is 7.91. The van der Waals surface area contributed by atoms with Gasteiger partial charge in [-0.2, -0.15) is 0 Å². The summed E-state index contributed by atoms with van der Waals surface area (Å²) >= 11 is 1.14. The second-order valence-electron chi connectivity index (χ2n) is 4.82. The monoisotopic (exact) mass is 318 g/mol. The van der Waals surface area contributed by atoms with Gasteiger partial charge in [-0.25, -0.2) is 18.2 Å². The summed E-state index contributed by atoms with van der Waals surface area (Å²) in [4.78, 5) is 17.8. The molecule has 0 atom stereocenters. The van der Waals surface area contributed by atoms with Gasteiger partial charge in [-0.3, -0.25) is 0 Å². The predicted molar refractivity (Wildman–Crippen MR) is 78.6 cm³/mol. The van der Waals surface area contributed by atoms with Crippen LogP contribution in [0.15, 0.2) is 0 Å². The van der Waals surface area contributed by atoms with Crippen molar-refractivity contribution in [3.05, 3.63) is 10.6 Å². The van der Waals surface area contributed by atoms with Gasteiger partial charge in [0.25, 0.3) is 0 Å². The molecule has 112 valence electrons. The van der Waals surface area contributed by atoms with Gasteiger partial charge in [0.2, 0.25) is 0 Å². The van der Waals surface area contributed by atoms with Crippen LogP contribution in [0.5, 0.6) is 0 Å². The molecular weight excluding hydrogens is 300 g/mol. The number of nitrogens with zero attached hydrogens (tertiary/aromatic N) is 2. The lowest BCUT2D eigenvalue weighted by molar-refractivity contribution is 0.0700. The minimum Gasteiger partial charge on any atom is -0.477 e. The molecule has 0 saturated carbocycles. The van der Waals surface area contributed by atoms with Gasteiger partial charge < -0.3 is 10.0 Å². The van der Waals surface area contributed by atoms with E-state index in [4.69, 9.17) is 0 Å². The minimum atomic E-state index is -2.97. The number of aromatic carboxylic acids is 1. The summed E-state index contributed by atoms with van der Waals surface area (Å²) in [7, 11) is -2.97. The molecular formula is C12H18N2O4S2. The van der Waals surface area contributed by atoms with E-state index in [1.165, 1.54) is 0 Å². The molecule has 8 heteroatoms. The van der Waals surface area contributed by atoms with Gasteiger partial charge in [0.15, 0.2) is 15.0 Å². The van der Waals surface area contributed by atoms with Crippen LogP contribution in [0, 0.1) is 0 Å². The Morgan fingerprint density at radius 3 is 2.80 bits per heavy atom. The van der Waals surface area contributed by atoms with Gasteiger partial charge in [0, 0.05) is 13.1 Å². The van der Waals surface area contributed by atoms with Gasteiger partial charge in [0.05, 0.1) is 17.2 Å². The molecule has 1 aromatic rings. The first-order valence-corrected chi connectivity index (χ1v) is 9.25. The number of hydrogen-bond acceptors (Lipinski definition) is 6. The summed E-state index contributed by atoms with van der Waals surface area (Å²) < 4.78 is 23.2. The molecule has 2 heterocycles. The van der Waals surface area contributed by atoms with Crippen LogP contribution in [0.4, 0.5) is 5.13 Å². The minimum absolute atomic E-state index is 0.109. The summed E-state index contributed by atoms with van der Waals surface area (Å²) in [5, 5.41) is 9.83. The Balaban J connectivity index is 2.24. The molecule has 2 rings (SSSR count). The maximum atomic E-state index is 11.6. The fraction of sp³-hybridized carbons (Fsp3) is 0.667. The number of carbonyl (C=O) groups is 1. The van der Waals surface area contributed by atoms with E-state index in [1.54, 1.807) is 0 Å². The van der Waals surface area contributed by atoms with Gasteiger partial charge in [-0.15, -0.1) is 0 Å².